The number of ether oxygens (including phenoxy) is 2. The lowest BCUT2D eigenvalue weighted by Crippen LogP contribution is -2.34. The van der Waals surface area contributed by atoms with E-state index in [-0.39, 0.29) is 0 Å². The maximum absolute atomic E-state index is 5.32. The highest BCUT2D eigenvalue weighted by Crippen LogP contribution is 2.27. The number of nitrogens with one attached hydrogen (secondary N) is 1. The molecule has 0 aromatic heterocycles. The quantitative estimate of drug-likeness (QED) is 0.864. The lowest BCUT2D eigenvalue weighted by Gasteiger charge is -2.29. The zero-order valence-corrected chi connectivity index (χ0v) is 13.0. The molecule has 4 heteroatoms. The largest absolute Gasteiger partial charge is 0.497 e. The van der Waals surface area contributed by atoms with Crippen molar-refractivity contribution in [3.8, 4) is 11.5 Å². The third-order valence-electron chi connectivity index (χ3n) is 3.97. The van der Waals surface area contributed by atoms with Gasteiger partial charge < -0.3 is 19.7 Å². The fourth-order valence-electron chi connectivity index (χ4n) is 2.98. The molecule has 1 fully saturated rings. The molecule has 1 N–H and O–H groups in total. The van der Waals surface area contributed by atoms with E-state index in [1.807, 2.05) is 6.07 Å². The van der Waals surface area contributed by atoms with E-state index in [1.54, 1.807) is 14.2 Å². The van der Waals surface area contributed by atoms with Crippen LogP contribution in [0.5, 0.6) is 11.5 Å². The van der Waals surface area contributed by atoms with E-state index in [4.69, 9.17) is 9.47 Å². The van der Waals surface area contributed by atoms with Crippen LogP contribution in [-0.2, 0) is 6.54 Å². The van der Waals surface area contributed by atoms with Gasteiger partial charge in [-0.2, -0.15) is 0 Å². The van der Waals surface area contributed by atoms with Gasteiger partial charge in [-0.15, -0.1) is 0 Å². The Morgan fingerprint density at radius 3 is 2.35 bits per heavy atom. The molecule has 0 saturated carbocycles. The molecule has 2 rings (SSSR count). The fourth-order valence-corrected chi connectivity index (χ4v) is 2.98. The summed E-state index contributed by atoms with van der Waals surface area (Å²) in [7, 11) is 5.55. The summed E-state index contributed by atoms with van der Waals surface area (Å²) < 4.78 is 10.6. The number of benzene rings is 1. The fraction of sp³-hybridized carbons (Fsp3) is 0.625. The SMILES string of the molecule is COc1cc(CN(C)CC2(C)CCNC2)cc(OC)c1. The molecule has 112 valence electrons. The molecule has 0 spiro atoms. The highest BCUT2D eigenvalue weighted by Gasteiger charge is 2.29. The van der Waals surface area contributed by atoms with Gasteiger partial charge in [-0.05, 0) is 43.1 Å². The van der Waals surface area contributed by atoms with Crippen molar-refractivity contribution in [3.05, 3.63) is 23.8 Å². The number of methoxy groups -OCH3 is 2. The number of rotatable bonds is 6. The molecule has 1 aliphatic rings. The van der Waals surface area contributed by atoms with Crippen LogP contribution < -0.4 is 14.8 Å². The van der Waals surface area contributed by atoms with Crippen molar-refractivity contribution >= 4 is 0 Å². The van der Waals surface area contributed by atoms with E-state index in [2.05, 4.69) is 36.3 Å². The van der Waals surface area contributed by atoms with Crippen molar-refractivity contribution in [1.29, 1.82) is 0 Å². The molecule has 4 nitrogen and oxygen atoms in total. The maximum Gasteiger partial charge on any atom is 0.122 e. The first-order valence-corrected chi connectivity index (χ1v) is 7.16. The van der Waals surface area contributed by atoms with Crippen LogP contribution in [0.4, 0.5) is 0 Å². The molecular weight excluding hydrogens is 252 g/mol. The smallest absolute Gasteiger partial charge is 0.122 e. The van der Waals surface area contributed by atoms with Crippen molar-refractivity contribution in [2.75, 3.05) is 40.9 Å². The number of hydrogen-bond acceptors (Lipinski definition) is 4. The molecule has 1 aromatic rings. The monoisotopic (exact) mass is 278 g/mol. The normalized spacial score (nSPS) is 22.2. The van der Waals surface area contributed by atoms with Gasteiger partial charge >= 0.3 is 0 Å². The highest BCUT2D eigenvalue weighted by molar-refractivity contribution is 5.38. The third-order valence-corrected chi connectivity index (χ3v) is 3.97. The second-order valence-electron chi connectivity index (χ2n) is 6.13. The van der Waals surface area contributed by atoms with Gasteiger partial charge in [0.25, 0.3) is 0 Å². The molecule has 0 aliphatic carbocycles. The molecule has 1 heterocycles. The molecule has 1 aliphatic heterocycles. The summed E-state index contributed by atoms with van der Waals surface area (Å²) in [6.45, 7) is 6.61. The third kappa shape index (κ3) is 3.87. The second kappa shape index (κ2) is 6.46. The first kappa shape index (κ1) is 15.1. The van der Waals surface area contributed by atoms with E-state index in [9.17, 15) is 0 Å². The molecule has 0 bridgehead atoms. The summed E-state index contributed by atoms with van der Waals surface area (Å²) in [5.41, 5.74) is 1.61. The van der Waals surface area contributed by atoms with Gasteiger partial charge in [0, 0.05) is 25.7 Å². The van der Waals surface area contributed by atoms with Crippen LogP contribution in [-0.4, -0.2) is 45.8 Å². The van der Waals surface area contributed by atoms with Crippen LogP contribution in [0.25, 0.3) is 0 Å². The van der Waals surface area contributed by atoms with Gasteiger partial charge in [0.05, 0.1) is 14.2 Å². The summed E-state index contributed by atoms with van der Waals surface area (Å²) in [6.07, 6.45) is 1.25. The van der Waals surface area contributed by atoms with E-state index < -0.39 is 0 Å². The van der Waals surface area contributed by atoms with Gasteiger partial charge in [0.2, 0.25) is 0 Å². The van der Waals surface area contributed by atoms with E-state index in [0.29, 0.717) is 5.41 Å². The van der Waals surface area contributed by atoms with Crippen LogP contribution >= 0.6 is 0 Å². The Balaban J connectivity index is 2.01. The van der Waals surface area contributed by atoms with Gasteiger partial charge in [0.15, 0.2) is 0 Å². The molecule has 20 heavy (non-hydrogen) atoms. The van der Waals surface area contributed by atoms with Crippen molar-refractivity contribution in [1.82, 2.24) is 10.2 Å². The summed E-state index contributed by atoms with van der Waals surface area (Å²) in [5, 5.41) is 3.45. The topological polar surface area (TPSA) is 33.7 Å². The average Bonchev–Trinajstić information content (AvgIpc) is 2.84. The summed E-state index contributed by atoms with van der Waals surface area (Å²) in [5.74, 6) is 1.70. The minimum atomic E-state index is 0.387. The molecule has 0 amide bonds. The zero-order chi connectivity index (χ0) is 14.6. The first-order valence-electron chi connectivity index (χ1n) is 7.16. The van der Waals surface area contributed by atoms with Crippen molar-refractivity contribution in [3.63, 3.8) is 0 Å². The molecule has 1 unspecified atom stereocenters. The summed E-state index contributed by atoms with van der Waals surface area (Å²) >= 11 is 0. The van der Waals surface area contributed by atoms with Crippen LogP contribution in [0.3, 0.4) is 0 Å². The Morgan fingerprint density at radius 2 is 1.85 bits per heavy atom. The lowest BCUT2D eigenvalue weighted by atomic mass is 9.89. The second-order valence-corrected chi connectivity index (χ2v) is 6.13. The van der Waals surface area contributed by atoms with Gasteiger partial charge in [-0.1, -0.05) is 6.92 Å². The number of nitrogens with zero attached hydrogens (tertiary/aromatic N) is 1. The number of hydrogen-bond donors (Lipinski definition) is 1. The van der Waals surface area contributed by atoms with Gasteiger partial charge in [-0.3, -0.25) is 0 Å². The molecule has 1 saturated heterocycles. The van der Waals surface area contributed by atoms with Crippen molar-refractivity contribution in [2.45, 2.75) is 19.9 Å². The predicted octanol–water partition coefficient (Wildman–Crippen LogP) is 2.14. The standard InChI is InChI=1S/C16H26N2O2/c1-16(5-6-17-11-16)12-18(2)10-13-7-14(19-3)9-15(8-13)20-4/h7-9,17H,5-6,10-12H2,1-4H3. The lowest BCUT2D eigenvalue weighted by molar-refractivity contribution is 0.203. The van der Waals surface area contributed by atoms with Crippen molar-refractivity contribution in [2.24, 2.45) is 5.41 Å². The van der Waals surface area contributed by atoms with Crippen LogP contribution in [0, 0.1) is 5.41 Å². The minimum absolute atomic E-state index is 0.387. The van der Waals surface area contributed by atoms with Crippen molar-refractivity contribution < 1.29 is 9.47 Å². The maximum atomic E-state index is 5.32. The Bertz CT molecular complexity index is 420. The molecule has 1 atom stereocenters. The zero-order valence-electron chi connectivity index (χ0n) is 13.0. The molecule has 0 radical (unpaired) electrons. The van der Waals surface area contributed by atoms with E-state index in [0.717, 1.165) is 37.7 Å². The summed E-state index contributed by atoms with van der Waals surface area (Å²) in [6, 6.07) is 6.06. The van der Waals surface area contributed by atoms with E-state index >= 15 is 0 Å². The van der Waals surface area contributed by atoms with Gasteiger partial charge in [0.1, 0.15) is 11.5 Å². The minimum Gasteiger partial charge on any atom is -0.497 e. The first-order chi connectivity index (χ1) is 9.54. The van der Waals surface area contributed by atoms with Gasteiger partial charge in [-0.25, -0.2) is 0 Å². The Hall–Kier alpha value is -1.26. The van der Waals surface area contributed by atoms with Crippen LogP contribution in [0.15, 0.2) is 18.2 Å². The Morgan fingerprint density at radius 1 is 1.20 bits per heavy atom. The molecular formula is C16H26N2O2. The Kier molecular flexibility index (Phi) is 4.89. The molecule has 1 aromatic carbocycles. The van der Waals surface area contributed by atoms with Crippen LogP contribution in [0.2, 0.25) is 0 Å². The summed E-state index contributed by atoms with van der Waals surface area (Å²) in [4.78, 5) is 2.38. The van der Waals surface area contributed by atoms with Crippen LogP contribution in [0.1, 0.15) is 18.9 Å². The predicted molar refractivity (Wildman–Crippen MR) is 81.5 cm³/mol. The Labute approximate surface area is 122 Å². The van der Waals surface area contributed by atoms with E-state index in [1.165, 1.54) is 12.0 Å². The average molecular weight is 278 g/mol. The highest BCUT2D eigenvalue weighted by atomic mass is 16.5.